The summed E-state index contributed by atoms with van der Waals surface area (Å²) in [5.41, 5.74) is 1.92. The molecule has 0 bridgehead atoms. The van der Waals surface area contributed by atoms with Crippen LogP contribution in [-0.4, -0.2) is 33.6 Å². The number of hydrogen-bond acceptors (Lipinski definition) is 2. The SMILES string of the molecule is O=C(Cn1ccc2c(CO)cccc21)N1CCCC1. The smallest absolute Gasteiger partial charge is 0.242 e. The molecular formula is C15H18N2O2. The van der Waals surface area contributed by atoms with Gasteiger partial charge in [0.05, 0.1) is 6.61 Å². The summed E-state index contributed by atoms with van der Waals surface area (Å²) in [6.45, 7) is 2.19. The second-order valence-electron chi connectivity index (χ2n) is 5.04. The zero-order valence-corrected chi connectivity index (χ0v) is 10.9. The van der Waals surface area contributed by atoms with Gasteiger partial charge >= 0.3 is 0 Å². The lowest BCUT2D eigenvalue weighted by atomic mass is 10.1. The molecule has 1 aliphatic heterocycles. The Morgan fingerprint density at radius 2 is 2.00 bits per heavy atom. The Balaban J connectivity index is 1.87. The monoisotopic (exact) mass is 258 g/mol. The molecule has 1 aromatic heterocycles. The fraction of sp³-hybridized carbons (Fsp3) is 0.400. The Kier molecular flexibility index (Phi) is 3.25. The van der Waals surface area contributed by atoms with Crippen LogP contribution in [-0.2, 0) is 17.9 Å². The summed E-state index contributed by atoms with van der Waals surface area (Å²) in [4.78, 5) is 14.1. The summed E-state index contributed by atoms with van der Waals surface area (Å²) in [5.74, 6) is 0.185. The third kappa shape index (κ3) is 2.24. The van der Waals surface area contributed by atoms with E-state index in [1.54, 1.807) is 0 Å². The summed E-state index contributed by atoms with van der Waals surface area (Å²) >= 11 is 0. The van der Waals surface area contributed by atoms with Crippen LogP contribution in [0.3, 0.4) is 0 Å². The van der Waals surface area contributed by atoms with Gasteiger partial charge in [0.1, 0.15) is 6.54 Å². The summed E-state index contributed by atoms with van der Waals surface area (Å²) in [7, 11) is 0. The number of fused-ring (bicyclic) bond motifs is 1. The maximum atomic E-state index is 12.2. The number of aliphatic hydroxyl groups is 1. The fourth-order valence-corrected chi connectivity index (χ4v) is 2.78. The van der Waals surface area contributed by atoms with Crippen LogP contribution in [0.1, 0.15) is 18.4 Å². The van der Waals surface area contributed by atoms with Crippen LogP contribution in [0.15, 0.2) is 30.5 Å². The largest absolute Gasteiger partial charge is 0.392 e. The molecule has 1 amide bonds. The number of nitrogens with zero attached hydrogens (tertiary/aromatic N) is 2. The zero-order chi connectivity index (χ0) is 13.2. The lowest BCUT2D eigenvalue weighted by Gasteiger charge is -2.16. The second-order valence-corrected chi connectivity index (χ2v) is 5.04. The van der Waals surface area contributed by atoms with E-state index >= 15 is 0 Å². The number of aliphatic hydroxyl groups excluding tert-OH is 1. The first-order valence-electron chi connectivity index (χ1n) is 6.75. The van der Waals surface area contributed by atoms with Crippen molar-refractivity contribution >= 4 is 16.8 Å². The van der Waals surface area contributed by atoms with Crippen LogP contribution >= 0.6 is 0 Å². The molecule has 0 unspecified atom stereocenters. The van der Waals surface area contributed by atoms with E-state index in [2.05, 4.69) is 0 Å². The van der Waals surface area contributed by atoms with E-state index in [9.17, 15) is 9.90 Å². The number of likely N-dealkylation sites (tertiary alicyclic amines) is 1. The number of carbonyl (C=O) groups excluding carboxylic acids is 1. The quantitative estimate of drug-likeness (QED) is 0.911. The van der Waals surface area contributed by atoms with Gasteiger partial charge in [-0.05, 0) is 30.5 Å². The minimum Gasteiger partial charge on any atom is -0.392 e. The van der Waals surface area contributed by atoms with Gasteiger partial charge in [0.2, 0.25) is 5.91 Å². The van der Waals surface area contributed by atoms with Crippen molar-refractivity contribution in [1.82, 2.24) is 9.47 Å². The molecule has 0 saturated carbocycles. The summed E-state index contributed by atoms with van der Waals surface area (Å²) in [5, 5.41) is 10.3. The highest BCUT2D eigenvalue weighted by molar-refractivity contribution is 5.85. The number of amides is 1. The van der Waals surface area contributed by atoms with Gasteiger partial charge in [-0.25, -0.2) is 0 Å². The predicted octanol–water partition coefficient (Wildman–Crippen LogP) is 1.76. The number of benzene rings is 1. The fourth-order valence-electron chi connectivity index (χ4n) is 2.78. The van der Waals surface area contributed by atoms with E-state index in [-0.39, 0.29) is 12.5 Å². The van der Waals surface area contributed by atoms with E-state index in [4.69, 9.17) is 0 Å². The normalized spacial score (nSPS) is 15.3. The van der Waals surface area contributed by atoms with Crippen LogP contribution in [0.4, 0.5) is 0 Å². The molecular weight excluding hydrogens is 240 g/mol. The van der Waals surface area contributed by atoms with Crippen molar-refractivity contribution in [1.29, 1.82) is 0 Å². The van der Waals surface area contributed by atoms with Crippen LogP contribution in [0.2, 0.25) is 0 Å². The van der Waals surface area contributed by atoms with Gasteiger partial charge in [0.15, 0.2) is 0 Å². The van der Waals surface area contributed by atoms with Gasteiger partial charge < -0.3 is 14.6 Å². The number of carbonyl (C=O) groups is 1. The maximum absolute atomic E-state index is 12.2. The first-order valence-corrected chi connectivity index (χ1v) is 6.75. The van der Waals surface area contributed by atoms with Crippen LogP contribution in [0.5, 0.6) is 0 Å². The van der Waals surface area contributed by atoms with Gasteiger partial charge in [0.25, 0.3) is 0 Å². The van der Waals surface area contributed by atoms with Crippen molar-refractivity contribution in [2.75, 3.05) is 13.1 Å². The number of aromatic nitrogens is 1. The van der Waals surface area contributed by atoms with Gasteiger partial charge in [-0.2, -0.15) is 0 Å². The topological polar surface area (TPSA) is 45.5 Å². The molecule has 0 spiro atoms. The number of rotatable bonds is 3. The molecule has 0 atom stereocenters. The minimum absolute atomic E-state index is 0.0292. The molecule has 4 heteroatoms. The molecule has 0 radical (unpaired) electrons. The van der Waals surface area contributed by atoms with E-state index in [0.29, 0.717) is 6.54 Å². The van der Waals surface area contributed by atoms with Crippen LogP contribution < -0.4 is 0 Å². The van der Waals surface area contributed by atoms with Gasteiger partial charge in [-0.1, -0.05) is 12.1 Å². The van der Waals surface area contributed by atoms with E-state index in [0.717, 1.165) is 42.4 Å². The summed E-state index contributed by atoms with van der Waals surface area (Å²) in [6.07, 6.45) is 4.16. The second kappa shape index (κ2) is 5.05. The highest BCUT2D eigenvalue weighted by atomic mass is 16.3. The van der Waals surface area contributed by atoms with Crippen molar-refractivity contribution in [2.24, 2.45) is 0 Å². The van der Waals surface area contributed by atoms with E-state index in [1.165, 1.54) is 0 Å². The zero-order valence-electron chi connectivity index (χ0n) is 10.9. The van der Waals surface area contributed by atoms with Crippen molar-refractivity contribution in [2.45, 2.75) is 26.0 Å². The first kappa shape index (κ1) is 12.2. The van der Waals surface area contributed by atoms with Crippen molar-refractivity contribution < 1.29 is 9.90 Å². The Bertz CT molecular complexity index is 597. The first-order chi connectivity index (χ1) is 9.29. The standard InChI is InChI=1S/C15H18N2O2/c18-11-12-4-3-5-14-13(12)6-9-17(14)10-15(19)16-7-1-2-8-16/h3-6,9,18H,1-2,7-8,10-11H2. The average molecular weight is 258 g/mol. The lowest BCUT2D eigenvalue weighted by Crippen LogP contribution is -2.30. The lowest BCUT2D eigenvalue weighted by molar-refractivity contribution is -0.130. The molecule has 1 fully saturated rings. The third-order valence-electron chi connectivity index (χ3n) is 3.84. The van der Waals surface area contributed by atoms with Gasteiger partial charge in [-0.15, -0.1) is 0 Å². The summed E-state index contributed by atoms with van der Waals surface area (Å²) < 4.78 is 1.97. The molecule has 19 heavy (non-hydrogen) atoms. The predicted molar refractivity (Wildman–Crippen MR) is 73.7 cm³/mol. The molecule has 2 heterocycles. The van der Waals surface area contributed by atoms with E-state index in [1.807, 2.05) is 39.9 Å². The molecule has 2 aromatic rings. The average Bonchev–Trinajstić information content (AvgIpc) is 3.08. The third-order valence-corrected chi connectivity index (χ3v) is 3.84. The van der Waals surface area contributed by atoms with Crippen LogP contribution in [0, 0.1) is 0 Å². The van der Waals surface area contributed by atoms with Gasteiger partial charge in [-0.3, -0.25) is 4.79 Å². The number of hydrogen-bond donors (Lipinski definition) is 1. The molecule has 0 aliphatic carbocycles. The summed E-state index contributed by atoms with van der Waals surface area (Å²) in [6, 6.07) is 7.80. The minimum atomic E-state index is 0.0292. The van der Waals surface area contributed by atoms with Crippen molar-refractivity contribution in [3.8, 4) is 0 Å². The molecule has 1 N–H and O–H groups in total. The Morgan fingerprint density at radius 3 is 2.74 bits per heavy atom. The Hall–Kier alpha value is -1.81. The Labute approximate surface area is 112 Å². The van der Waals surface area contributed by atoms with Gasteiger partial charge in [0, 0.05) is 30.2 Å². The highest BCUT2D eigenvalue weighted by Gasteiger charge is 2.18. The van der Waals surface area contributed by atoms with Crippen molar-refractivity contribution in [3.05, 3.63) is 36.0 Å². The maximum Gasteiger partial charge on any atom is 0.242 e. The van der Waals surface area contributed by atoms with Crippen LogP contribution in [0.25, 0.3) is 10.9 Å². The molecule has 4 nitrogen and oxygen atoms in total. The highest BCUT2D eigenvalue weighted by Crippen LogP contribution is 2.21. The molecule has 1 aromatic carbocycles. The molecule has 1 saturated heterocycles. The van der Waals surface area contributed by atoms with E-state index < -0.39 is 0 Å². The van der Waals surface area contributed by atoms with Crippen molar-refractivity contribution in [3.63, 3.8) is 0 Å². The molecule has 3 rings (SSSR count). The molecule has 100 valence electrons. The Morgan fingerprint density at radius 1 is 1.21 bits per heavy atom. The molecule has 1 aliphatic rings.